The maximum atomic E-state index is 8.53. The van der Waals surface area contributed by atoms with E-state index in [0.29, 0.717) is 123 Å². The van der Waals surface area contributed by atoms with Gasteiger partial charge in [0.1, 0.15) is 16.7 Å². The van der Waals surface area contributed by atoms with Gasteiger partial charge in [-0.05, 0) is 229 Å². The van der Waals surface area contributed by atoms with Crippen LogP contribution in [0.25, 0.3) is 189 Å². The van der Waals surface area contributed by atoms with Crippen molar-refractivity contribution in [2.75, 3.05) is 0 Å². The van der Waals surface area contributed by atoms with Crippen LogP contribution in [0.4, 0.5) is 0 Å². The zero-order valence-corrected chi connectivity index (χ0v) is 85.2. The number of aromatic nitrogens is 6. The molecule has 0 atom stereocenters. The molecule has 0 amide bonds. The standard InChI is InChI=1S/3C25H18NO.C24H26N.C20H18N.C13H12N.3Ir/c3*1-16-13-23(26-15-17(16)2)21-10-6-9-20-22-14-19(18-7-4-3-5-8-18)11-12-24(22)27-25(20)21;1-17-11-12-20(14-22(17)19-9-7-6-8-10-19)23-13-18(2)21(16-25-23)15-24(3,4)5;1-14-9-10-18(20-11-15(2)16(3)13-21-20)12-19(14)17-7-5-4-6-8-17;1-10-3-6-12(7-4-10)13-8-5-11(2)9-14-13;;;/h3*3-9,11-15H,1-2H3;6-11,13-14,16H,15H2,1-5H3;4-9,11-13H,1-3H3;3-6,8-9H,1-2H3;;;/q6*-1;;;/i3*1D3,2D3;1D3,15D2;1D3,3D3;1D3,2D3;;;. The van der Waals surface area contributed by atoms with Gasteiger partial charge in [-0.3, -0.25) is 0 Å². The van der Waals surface area contributed by atoms with Crippen LogP contribution in [0.1, 0.15) is 147 Å². The molecule has 0 spiro atoms. The molecule has 0 aliphatic carbocycles. The Hall–Kier alpha value is -14.7. The van der Waals surface area contributed by atoms with Crippen LogP contribution in [0, 0.1) is 131 Å². The third kappa shape index (κ3) is 24.1. The average Bonchev–Trinajstić information content (AvgIpc) is 1.61. The van der Waals surface area contributed by atoms with Crippen LogP contribution in [0.3, 0.4) is 0 Å². The van der Waals surface area contributed by atoms with Crippen LogP contribution < -0.4 is 0 Å². The summed E-state index contributed by atoms with van der Waals surface area (Å²) >= 11 is 0. The van der Waals surface area contributed by atoms with Crippen molar-refractivity contribution < 1.29 is 122 Å². The van der Waals surface area contributed by atoms with Crippen molar-refractivity contribution in [2.45, 2.75) is 116 Å². The zero-order valence-electron chi connectivity index (χ0n) is 113. The van der Waals surface area contributed by atoms with Gasteiger partial charge in [0.15, 0.2) is 0 Å². The van der Waals surface area contributed by atoms with Crippen LogP contribution >= 0.6 is 0 Å². The molecule has 0 aliphatic rings. The summed E-state index contributed by atoms with van der Waals surface area (Å²) in [7, 11) is 0. The molecule has 719 valence electrons. The predicted octanol–water partition coefficient (Wildman–Crippen LogP) is 34.9. The molecule has 0 unspecified atom stereocenters. The Balaban J connectivity index is 0.000000157. The van der Waals surface area contributed by atoms with E-state index >= 15 is 0 Å². The number of nitrogens with zero attached hydrogens (tertiary/aromatic N) is 6. The molecule has 0 bridgehead atoms. The first kappa shape index (κ1) is 67.0. The molecule has 23 rings (SSSR count). The second kappa shape index (κ2) is 46.6. The van der Waals surface area contributed by atoms with Crippen LogP contribution in [0.15, 0.2) is 378 Å². The van der Waals surface area contributed by atoms with Gasteiger partial charge in [-0.2, -0.15) is 0 Å². The Kier molecular flexibility index (Phi) is 21.7. The summed E-state index contributed by atoms with van der Waals surface area (Å²) in [4.78, 5) is 25.7. The van der Waals surface area contributed by atoms with Crippen molar-refractivity contribution in [3.8, 4) is 123 Å². The normalized spacial score (nSPS) is 15.6. The van der Waals surface area contributed by atoms with Gasteiger partial charge in [0.2, 0.25) is 0 Å². The fourth-order valence-corrected chi connectivity index (χ4v) is 16.1. The van der Waals surface area contributed by atoms with Crippen LogP contribution in [-0.4, -0.2) is 29.9 Å². The van der Waals surface area contributed by atoms with Crippen LogP contribution in [-0.2, 0) is 66.7 Å². The Labute approximate surface area is 935 Å². The van der Waals surface area contributed by atoms with Gasteiger partial charge in [-0.15, -0.1) is 149 Å². The van der Waals surface area contributed by atoms with Gasteiger partial charge in [0, 0.05) is 162 Å². The molecular formula is C132H110Ir3N6O3-6. The summed E-state index contributed by atoms with van der Waals surface area (Å²) in [5.41, 5.74) is 19.6. The minimum Gasteiger partial charge on any atom is -0.501 e. The molecule has 144 heavy (non-hydrogen) atoms. The molecule has 9 nitrogen and oxygen atoms in total. The van der Waals surface area contributed by atoms with E-state index in [0.717, 1.165) is 101 Å². The monoisotopic (exact) mass is 2440 g/mol. The summed E-state index contributed by atoms with van der Waals surface area (Å²) in [5.74, 6) is 0. The maximum Gasteiger partial charge on any atom is 0.120 e. The molecule has 0 saturated carbocycles. The minimum absolute atomic E-state index is 0. The van der Waals surface area contributed by atoms with Crippen molar-refractivity contribution in [3.05, 3.63) is 479 Å². The number of hydrogen-bond acceptors (Lipinski definition) is 9. The Bertz CT molecular complexity index is 9330. The van der Waals surface area contributed by atoms with E-state index in [1.807, 2.05) is 240 Å². The number of pyridine rings is 6. The maximum absolute atomic E-state index is 8.53. The van der Waals surface area contributed by atoms with Gasteiger partial charge in [-0.1, -0.05) is 325 Å². The number of fused-ring (bicyclic) bond motifs is 9. The summed E-state index contributed by atoms with van der Waals surface area (Å²) < 4.78 is 288. The molecule has 9 heterocycles. The molecule has 0 fully saturated rings. The van der Waals surface area contributed by atoms with E-state index < -0.39 is 87.2 Å². The first-order chi connectivity index (χ1) is 82.4. The van der Waals surface area contributed by atoms with Crippen LogP contribution in [0.2, 0.25) is 0 Å². The summed E-state index contributed by atoms with van der Waals surface area (Å²) in [6, 6.07) is 117. The van der Waals surface area contributed by atoms with E-state index in [4.69, 9.17) is 61.2 Å². The SMILES string of the molecule is [2H]C([2H])([2H])c1c[c-]c(-c2cc(C)c(C([2H])([2H])C(C)(C)C)cn2)cc1-c1ccccc1.[2H]C([2H])([2H])c1c[c-]c(-c2ccc(C([2H])([2H])[2H])cn2)cc1.[2H]C([2H])([2H])c1cnc(-c2[c-]cc(C([2H])([2H])[2H])c(-c3ccccc3)c2)cc1C.[2H]C([2H])([2H])c1cnc(-c2[c-]ccc3c2oc2ccc(-c4ccccc4)cc23)cc1C([2H])([2H])[2H].[2H]C([2H])([2H])c1cnc(-c2[c-]ccc3c2oc2ccc(-c4ccccc4)cc23)cc1C([2H])([2H])[2H].[2H]C([2H])([2H])c1cnc(-c2[c-]ccc3c2oc2ccc(-c4ccccc4)cc23)cc1C([2H])([2H])[2H].[Ir].[Ir].[Ir]. The largest absolute Gasteiger partial charge is 0.501 e. The van der Waals surface area contributed by atoms with E-state index in [9.17, 15) is 0 Å². The Morgan fingerprint density at radius 3 is 0.924 bits per heavy atom. The molecule has 14 aromatic carbocycles. The number of hydrogen-bond donors (Lipinski definition) is 0. The average molecular weight is 2440 g/mol. The fraction of sp³-hybridized carbons (Fsp3) is 0.136. The predicted molar refractivity (Wildman–Crippen MR) is 585 cm³/mol. The summed E-state index contributed by atoms with van der Waals surface area (Å²) in [5, 5.41) is 5.27. The van der Waals surface area contributed by atoms with Gasteiger partial charge in [0.05, 0.1) is 16.7 Å². The summed E-state index contributed by atoms with van der Waals surface area (Å²) in [6.07, 6.45) is 6.06. The smallest absolute Gasteiger partial charge is 0.120 e. The molecule has 0 aliphatic heterocycles. The van der Waals surface area contributed by atoms with Gasteiger partial charge >= 0.3 is 0 Å². The van der Waals surface area contributed by atoms with E-state index in [-0.39, 0.29) is 122 Å². The Morgan fingerprint density at radius 2 is 0.590 bits per heavy atom. The number of rotatable bonds is 12. The summed E-state index contributed by atoms with van der Waals surface area (Å²) in [6.45, 7) is -17.4. The van der Waals surface area contributed by atoms with Crippen molar-refractivity contribution in [2.24, 2.45) is 5.41 Å². The molecule has 3 radical (unpaired) electrons. The Morgan fingerprint density at radius 1 is 0.257 bits per heavy atom. The molecule has 0 N–H and O–H groups in total. The third-order valence-electron chi connectivity index (χ3n) is 23.3. The van der Waals surface area contributed by atoms with Crippen LogP contribution in [0.5, 0.6) is 0 Å². The number of benzene rings is 14. The van der Waals surface area contributed by atoms with E-state index in [1.54, 1.807) is 61.7 Å². The molecular weight excluding hydrogens is 2290 g/mol. The molecule has 0 saturated heterocycles. The van der Waals surface area contributed by atoms with Gasteiger partial charge in [-0.25, -0.2) is 0 Å². The van der Waals surface area contributed by atoms with E-state index in [2.05, 4.69) is 84.5 Å². The zero-order chi connectivity index (χ0) is 127. The number of aryl methyl sites for hydroxylation is 13. The second-order valence-electron chi connectivity index (χ2n) is 34.3. The van der Waals surface area contributed by atoms with Crippen molar-refractivity contribution >= 4 is 65.8 Å². The van der Waals surface area contributed by atoms with E-state index in [1.165, 1.54) is 60.9 Å². The van der Waals surface area contributed by atoms with Gasteiger partial charge < -0.3 is 43.2 Å². The third-order valence-corrected chi connectivity index (χ3v) is 23.3. The fourth-order valence-electron chi connectivity index (χ4n) is 16.1. The quantitative estimate of drug-likeness (QED) is 0.110. The molecule has 23 aromatic rings. The molecule has 9 aromatic heterocycles. The van der Waals surface area contributed by atoms with Crippen molar-refractivity contribution in [1.82, 2.24) is 29.9 Å². The second-order valence-corrected chi connectivity index (χ2v) is 34.3. The molecule has 12 heteroatoms. The minimum atomic E-state index is -2.60. The first-order valence-corrected chi connectivity index (χ1v) is 44.9. The van der Waals surface area contributed by atoms with Crippen molar-refractivity contribution in [1.29, 1.82) is 0 Å². The topological polar surface area (TPSA) is 117 Å². The first-order valence-electron chi connectivity index (χ1n) is 62.4. The van der Waals surface area contributed by atoms with Gasteiger partial charge in [0.25, 0.3) is 0 Å². The number of furan rings is 3. The van der Waals surface area contributed by atoms with Crippen molar-refractivity contribution in [3.63, 3.8) is 0 Å².